The SMILES string of the molecule is COCCCC(NC(=O)c1ccc(O)cc1O)C(=O)O. The van der Waals surface area contributed by atoms with E-state index in [4.69, 9.17) is 14.9 Å². The smallest absolute Gasteiger partial charge is 0.326 e. The monoisotopic (exact) mass is 283 g/mol. The maximum Gasteiger partial charge on any atom is 0.326 e. The van der Waals surface area contributed by atoms with Gasteiger partial charge in [-0.1, -0.05) is 0 Å². The number of phenols is 2. The molecule has 0 saturated heterocycles. The Morgan fingerprint density at radius 3 is 2.60 bits per heavy atom. The fourth-order valence-electron chi connectivity index (χ4n) is 1.64. The number of aliphatic carboxylic acids is 1. The van der Waals surface area contributed by atoms with E-state index in [2.05, 4.69) is 5.32 Å². The molecule has 1 amide bonds. The van der Waals surface area contributed by atoms with E-state index < -0.39 is 23.7 Å². The van der Waals surface area contributed by atoms with Crippen LogP contribution in [0.1, 0.15) is 23.2 Å². The molecule has 0 fully saturated rings. The van der Waals surface area contributed by atoms with E-state index >= 15 is 0 Å². The second-order valence-electron chi connectivity index (χ2n) is 4.20. The molecule has 0 bridgehead atoms. The number of carbonyl (C=O) groups excluding carboxylic acids is 1. The first-order chi connectivity index (χ1) is 9.45. The Labute approximate surface area is 115 Å². The molecule has 7 heteroatoms. The van der Waals surface area contributed by atoms with E-state index in [1.165, 1.54) is 19.2 Å². The first kappa shape index (κ1) is 15.8. The topological polar surface area (TPSA) is 116 Å². The van der Waals surface area contributed by atoms with Crippen LogP contribution in [0, 0.1) is 0 Å². The average Bonchev–Trinajstić information content (AvgIpc) is 2.37. The molecular formula is C13H17NO6. The number of benzene rings is 1. The van der Waals surface area contributed by atoms with Gasteiger partial charge in [0, 0.05) is 19.8 Å². The molecule has 0 aliphatic rings. The van der Waals surface area contributed by atoms with Gasteiger partial charge in [-0.25, -0.2) is 4.79 Å². The highest BCUT2D eigenvalue weighted by Crippen LogP contribution is 2.22. The summed E-state index contributed by atoms with van der Waals surface area (Å²) in [7, 11) is 1.50. The van der Waals surface area contributed by atoms with Crippen molar-refractivity contribution >= 4 is 11.9 Å². The van der Waals surface area contributed by atoms with Crippen LogP contribution in [-0.2, 0) is 9.53 Å². The van der Waals surface area contributed by atoms with Crippen LogP contribution in [0.4, 0.5) is 0 Å². The van der Waals surface area contributed by atoms with E-state index in [1.54, 1.807) is 0 Å². The average molecular weight is 283 g/mol. The van der Waals surface area contributed by atoms with E-state index in [9.17, 15) is 14.7 Å². The molecule has 1 aromatic carbocycles. The molecule has 0 heterocycles. The fourth-order valence-corrected chi connectivity index (χ4v) is 1.64. The molecular weight excluding hydrogens is 266 g/mol. The number of methoxy groups -OCH3 is 1. The number of phenolic OH excluding ortho intramolecular Hbond substituents is 2. The van der Waals surface area contributed by atoms with Gasteiger partial charge >= 0.3 is 5.97 Å². The van der Waals surface area contributed by atoms with Crippen LogP contribution in [0.5, 0.6) is 11.5 Å². The van der Waals surface area contributed by atoms with Crippen molar-refractivity contribution in [3.8, 4) is 11.5 Å². The summed E-state index contributed by atoms with van der Waals surface area (Å²) in [6.07, 6.45) is 0.697. The zero-order chi connectivity index (χ0) is 15.1. The van der Waals surface area contributed by atoms with Gasteiger partial charge in [0.1, 0.15) is 17.5 Å². The van der Waals surface area contributed by atoms with Crippen LogP contribution < -0.4 is 5.32 Å². The predicted molar refractivity (Wildman–Crippen MR) is 69.8 cm³/mol. The summed E-state index contributed by atoms with van der Waals surface area (Å²) in [5, 5.41) is 30.0. The number of nitrogens with one attached hydrogen (secondary N) is 1. The Morgan fingerprint density at radius 2 is 2.05 bits per heavy atom. The molecule has 1 rings (SSSR count). The van der Waals surface area contributed by atoms with Crippen molar-refractivity contribution in [2.75, 3.05) is 13.7 Å². The van der Waals surface area contributed by atoms with E-state index in [0.29, 0.717) is 13.0 Å². The maximum absolute atomic E-state index is 11.9. The van der Waals surface area contributed by atoms with E-state index in [1.807, 2.05) is 0 Å². The highest BCUT2D eigenvalue weighted by molar-refractivity contribution is 5.98. The maximum atomic E-state index is 11.9. The van der Waals surface area contributed by atoms with Gasteiger partial charge in [-0.2, -0.15) is 0 Å². The van der Waals surface area contributed by atoms with Crippen molar-refractivity contribution in [1.82, 2.24) is 5.32 Å². The molecule has 0 saturated carbocycles. The number of aromatic hydroxyl groups is 2. The van der Waals surface area contributed by atoms with Crippen LogP contribution in [0.3, 0.4) is 0 Å². The largest absolute Gasteiger partial charge is 0.508 e. The molecule has 7 nitrogen and oxygen atoms in total. The third-order valence-electron chi connectivity index (χ3n) is 2.67. The number of hydrogen-bond donors (Lipinski definition) is 4. The van der Waals surface area contributed by atoms with Crippen molar-refractivity contribution in [2.24, 2.45) is 0 Å². The minimum Gasteiger partial charge on any atom is -0.508 e. The molecule has 1 aromatic rings. The third-order valence-corrected chi connectivity index (χ3v) is 2.67. The number of carboxylic acid groups (broad SMARTS) is 1. The standard InChI is InChI=1S/C13H17NO6/c1-20-6-2-3-10(13(18)19)14-12(17)9-5-4-8(15)7-11(9)16/h4-5,7,10,15-16H,2-3,6H2,1H3,(H,14,17)(H,18,19). The summed E-state index contributed by atoms with van der Waals surface area (Å²) in [5.74, 6) is -2.47. The molecule has 110 valence electrons. The van der Waals surface area contributed by atoms with E-state index in [0.717, 1.165) is 6.07 Å². The molecule has 0 aliphatic carbocycles. The normalized spacial score (nSPS) is 11.8. The van der Waals surface area contributed by atoms with Crippen LogP contribution in [-0.4, -0.2) is 47.0 Å². The summed E-state index contributed by atoms with van der Waals surface area (Å²) in [6.45, 7) is 0.393. The van der Waals surface area contributed by atoms with Crippen molar-refractivity contribution in [3.05, 3.63) is 23.8 Å². The number of amides is 1. The minimum absolute atomic E-state index is 0.0965. The third kappa shape index (κ3) is 4.43. The second-order valence-corrected chi connectivity index (χ2v) is 4.20. The lowest BCUT2D eigenvalue weighted by Gasteiger charge is -2.14. The summed E-state index contributed by atoms with van der Waals surface area (Å²) in [6, 6.07) is 2.39. The van der Waals surface area contributed by atoms with Crippen molar-refractivity contribution in [1.29, 1.82) is 0 Å². The molecule has 0 spiro atoms. The first-order valence-electron chi connectivity index (χ1n) is 6.00. The molecule has 0 radical (unpaired) electrons. The van der Waals surface area contributed by atoms with Gasteiger partial charge in [-0.3, -0.25) is 4.79 Å². The molecule has 0 aromatic heterocycles. The lowest BCUT2D eigenvalue weighted by Crippen LogP contribution is -2.40. The van der Waals surface area contributed by atoms with E-state index in [-0.39, 0.29) is 17.7 Å². The summed E-state index contributed by atoms with van der Waals surface area (Å²) >= 11 is 0. The van der Waals surface area contributed by atoms with Gasteiger partial charge in [0.15, 0.2) is 0 Å². The van der Waals surface area contributed by atoms with Gasteiger partial charge < -0.3 is 25.4 Å². The molecule has 1 atom stereocenters. The van der Waals surface area contributed by atoms with Crippen LogP contribution in [0.25, 0.3) is 0 Å². The van der Waals surface area contributed by atoms with Gasteiger partial charge in [0.2, 0.25) is 0 Å². The van der Waals surface area contributed by atoms with Crippen molar-refractivity contribution < 1.29 is 29.6 Å². The number of carboxylic acids is 1. The summed E-state index contributed by atoms with van der Waals surface area (Å²) in [4.78, 5) is 22.9. The molecule has 0 aliphatic heterocycles. The van der Waals surface area contributed by atoms with Gasteiger partial charge in [-0.15, -0.1) is 0 Å². The molecule has 20 heavy (non-hydrogen) atoms. The lowest BCUT2D eigenvalue weighted by molar-refractivity contribution is -0.139. The van der Waals surface area contributed by atoms with Crippen LogP contribution in [0.15, 0.2) is 18.2 Å². The highest BCUT2D eigenvalue weighted by atomic mass is 16.5. The van der Waals surface area contributed by atoms with Crippen LogP contribution in [0.2, 0.25) is 0 Å². The Balaban J connectivity index is 2.72. The minimum atomic E-state index is -1.16. The van der Waals surface area contributed by atoms with Gasteiger partial charge in [0.05, 0.1) is 5.56 Å². The number of rotatable bonds is 7. The Morgan fingerprint density at radius 1 is 1.35 bits per heavy atom. The highest BCUT2D eigenvalue weighted by Gasteiger charge is 2.21. The first-order valence-corrected chi connectivity index (χ1v) is 6.00. The quantitative estimate of drug-likeness (QED) is 0.548. The zero-order valence-electron chi connectivity index (χ0n) is 11.0. The Bertz CT molecular complexity index is 488. The number of ether oxygens (including phenoxy) is 1. The molecule has 4 N–H and O–H groups in total. The van der Waals surface area contributed by atoms with Gasteiger partial charge in [0.25, 0.3) is 5.91 Å². The summed E-state index contributed by atoms with van der Waals surface area (Å²) < 4.78 is 4.82. The molecule has 1 unspecified atom stereocenters. The van der Waals surface area contributed by atoms with Crippen molar-refractivity contribution in [2.45, 2.75) is 18.9 Å². The zero-order valence-corrected chi connectivity index (χ0v) is 11.0. The lowest BCUT2D eigenvalue weighted by atomic mass is 10.1. The Kier molecular flexibility index (Phi) is 5.79. The summed E-state index contributed by atoms with van der Waals surface area (Å²) in [5.41, 5.74) is -0.0965. The van der Waals surface area contributed by atoms with Crippen LogP contribution >= 0.6 is 0 Å². The van der Waals surface area contributed by atoms with Crippen molar-refractivity contribution in [3.63, 3.8) is 0 Å². The predicted octanol–water partition coefficient (Wildman–Crippen LogP) is 0.707. The number of carbonyl (C=O) groups is 2. The fraction of sp³-hybridized carbons (Fsp3) is 0.385. The second kappa shape index (κ2) is 7.34. The Hall–Kier alpha value is -2.28. The number of hydrogen-bond acceptors (Lipinski definition) is 5. The van der Waals surface area contributed by atoms with Gasteiger partial charge in [-0.05, 0) is 25.0 Å².